The van der Waals surface area contributed by atoms with E-state index in [2.05, 4.69) is 10.0 Å². The van der Waals surface area contributed by atoms with Gasteiger partial charge in [-0.25, -0.2) is 13.1 Å². The second-order valence-electron chi connectivity index (χ2n) is 10.7. The summed E-state index contributed by atoms with van der Waals surface area (Å²) < 4.78 is 28.6. The van der Waals surface area contributed by atoms with Crippen LogP contribution in [0.2, 0.25) is 5.02 Å². The van der Waals surface area contributed by atoms with Gasteiger partial charge in [-0.3, -0.25) is 9.59 Å². The largest absolute Gasteiger partial charge is 0.369 e. The normalized spacial score (nSPS) is 31.5. The van der Waals surface area contributed by atoms with Gasteiger partial charge in [0, 0.05) is 28.4 Å². The molecule has 4 N–H and O–H groups in total. The minimum Gasteiger partial charge on any atom is -0.369 e. The predicted molar refractivity (Wildman–Crippen MR) is 122 cm³/mol. The molecule has 2 amide bonds. The van der Waals surface area contributed by atoms with Crippen LogP contribution in [0.5, 0.6) is 0 Å². The molecule has 5 rings (SSSR count). The van der Waals surface area contributed by atoms with Crippen molar-refractivity contribution in [2.75, 3.05) is 0 Å². The Morgan fingerprint density at radius 2 is 1.81 bits per heavy atom. The summed E-state index contributed by atoms with van der Waals surface area (Å²) in [5.41, 5.74) is 4.83. The van der Waals surface area contributed by atoms with Gasteiger partial charge in [-0.1, -0.05) is 17.7 Å². The van der Waals surface area contributed by atoms with Crippen molar-refractivity contribution in [1.82, 2.24) is 10.0 Å². The Kier molecular flexibility index (Phi) is 5.87. The SMILES string of the molecule is Cc1c(Cl)cccc1S(=O)(=O)NC(C)(C)CC(=O)NC1C2CC3CC1CC(C(N)=O)(C3)C2. The molecule has 4 saturated carbocycles. The first-order valence-corrected chi connectivity index (χ1v) is 13.1. The molecule has 1 aromatic carbocycles. The van der Waals surface area contributed by atoms with Crippen LogP contribution in [0, 0.1) is 30.1 Å². The Morgan fingerprint density at radius 1 is 1.19 bits per heavy atom. The number of nitrogens with one attached hydrogen (secondary N) is 2. The summed E-state index contributed by atoms with van der Waals surface area (Å²) in [6, 6.07) is 4.76. The zero-order valence-electron chi connectivity index (χ0n) is 18.8. The van der Waals surface area contributed by atoms with Crippen molar-refractivity contribution in [3.05, 3.63) is 28.8 Å². The molecule has 4 aliphatic carbocycles. The predicted octanol–water partition coefficient (Wildman–Crippen LogP) is 2.89. The van der Waals surface area contributed by atoms with Gasteiger partial charge in [-0.15, -0.1) is 0 Å². The number of sulfonamides is 1. The van der Waals surface area contributed by atoms with E-state index in [1.54, 1.807) is 32.9 Å². The molecule has 0 radical (unpaired) electrons. The van der Waals surface area contributed by atoms with Crippen molar-refractivity contribution < 1.29 is 18.0 Å². The average Bonchev–Trinajstić information content (AvgIpc) is 2.64. The maximum atomic E-state index is 12.9. The first kappa shape index (κ1) is 23.5. The van der Waals surface area contributed by atoms with Gasteiger partial charge >= 0.3 is 0 Å². The summed E-state index contributed by atoms with van der Waals surface area (Å²) >= 11 is 6.09. The maximum Gasteiger partial charge on any atom is 0.241 e. The maximum absolute atomic E-state index is 12.9. The summed E-state index contributed by atoms with van der Waals surface area (Å²) in [6.07, 6.45) is 4.40. The molecule has 32 heavy (non-hydrogen) atoms. The number of hydrogen-bond acceptors (Lipinski definition) is 4. The van der Waals surface area contributed by atoms with Crippen LogP contribution in [0.4, 0.5) is 0 Å². The third kappa shape index (κ3) is 4.29. The van der Waals surface area contributed by atoms with E-state index >= 15 is 0 Å². The molecule has 4 aliphatic rings. The van der Waals surface area contributed by atoms with Gasteiger partial charge in [0.25, 0.3) is 0 Å². The summed E-state index contributed by atoms with van der Waals surface area (Å²) in [7, 11) is -3.85. The Hall–Kier alpha value is -1.64. The Morgan fingerprint density at radius 3 is 2.41 bits per heavy atom. The topological polar surface area (TPSA) is 118 Å². The zero-order chi connectivity index (χ0) is 23.5. The van der Waals surface area contributed by atoms with Crippen molar-refractivity contribution in [1.29, 1.82) is 0 Å². The highest BCUT2D eigenvalue weighted by Gasteiger charge is 2.58. The van der Waals surface area contributed by atoms with Crippen LogP contribution in [0.3, 0.4) is 0 Å². The van der Waals surface area contributed by atoms with Crippen LogP contribution < -0.4 is 15.8 Å². The Bertz CT molecular complexity index is 1040. The summed E-state index contributed by atoms with van der Waals surface area (Å²) in [6.45, 7) is 5.05. The summed E-state index contributed by atoms with van der Waals surface area (Å²) in [4.78, 5) is 25.2. The number of benzene rings is 1. The van der Waals surface area contributed by atoms with Gasteiger partial charge in [-0.05, 0) is 88.3 Å². The fourth-order valence-electron chi connectivity index (χ4n) is 6.53. The highest BCUT2D eigenvalue weighted by atomic mass is 35.5. The number of carbonyl (C=O) groups excluding carboxylic acids is 2. The van der Waals surface area contributed by atoms with E-state index in [0.717, 1.165) is 32.1 Å². The lowest BCUT2D eigenvalue weighted by atomic mass is 9.47. The molecule has 0 aromatic heterocycles. The van der Waals surface area contributed by atoms with E-state index in [1.165, 1.54) is 6.07 Å². The first-order valence-electron chi connectivity index (χ1n) is 11.2. The van der Waals surface area contributed by atoms with E-state index in [4.69, 9.17) is 17.3 Å². The van der Waals surface area contributed by atoms with Gasteiger partial charge in [0.05, 0.1) is 4.90 Å². The lowest BCUT2D eigenvalue weighted by Gasteiger charge is -2.58. The quantitative estimate of drug-likeness (QED) is 0.554. The monoisotopic (exact) mass is 481 g/mol. The molecular weight excluding hydrogens is 450 g/mol. The Balaban J connectivity index is 1.42. The van der Waals surface area contributed by atoms with Crippen molar-refractivity contribution in [2.24, 2.45) is 28.9 Å². The van der Waals surface area contributed by atoms with Crippen molar-refractivity contribution >= 4 is 33.4 Å². The molecular formula is C23H32ClN3O4S. The highest BCUT2D eigenvalue weighted by Crippen LogP contribution is 2.59. The number of halogens is 1. The number of amides is 2. The standard InChI is InChI=1S/C23H32ClN3O4S/c1-13-17(24)5-4-6-18(13)32(30,31)27-22(2,3)12-19(28)26-20-15-7-14-8-16(20)11-23(9-14,10-15)21(25)29/h4-6,14-16,20,27H,7-12H2,1-3H3,(H2,25,29)(H,26,28). The van der Waals surface area contributed by atoms with Crippen LogP contribution in [-0.4, -0.2) is 31.8 Å². The van der Waals surface area contributed by atoms with E-state index < -0.39 is 21.0 Å². The van der Waals surface area contributed by atoms with Crippen LogP contribution in [0.1, 0.15) is 57.9 Å². The first-order chi connectivity index (χ1) is 14.8. The van der Waals surface area contributed by atoms with Crippen molar-refractivity contribution in [3.8, 4) is 0 Å². The summed E-state index contributed by atoms with van der Waals surface area (Å²) in [5.74, 6) is 0.634. The number of hydrogen-bond donors (Lipinski definition) is 3. The fourth-order valence-corrected chi connectivity index (χ4v) is 8.44. The van der Waals surface area contributed by atoms with E-state index in [9.17, 15) is 18.0 Å². The highest BCUT2D eigenvalue weighted by molar-refractivity contribution is 7.89. The molecule has 7 nitrogen and oxygen atoms in total. The molecule has 1 aromatic rings. The van der Waals surface area contributed by atoms with Gasteiger partial charge in [0.2, 0.25) is 21.8 Å². The van der Waals surface area contributed by atoms with Crippen molar-refractivity contribution in [2.45, 2.75) is 75.8 Å². The zero-order valence-corrected chi connectivity index (χ0v) is 20.4. The average molecular weight is 482 g/mol. The van der Waals surface area contributed by atoms with Gasteiger partial charge < -0.3 is 11.1 Å². The molecule has 0 aliphatic heterocycles. The fraction of sp³-hybridized carbons (Fsp3) is 0.652. The second-order valence-corrected chi connectivity index (χ2v) is 12.8. The van der Waals surface area contributed by atoms with Crippen LogP contribution in [-0.2, 0) is 19.6 Å². The molecule has 176 valence electrons. The molecule has 2 atom stereocenters. The van der Waals surface area contributed by atoms with Gasteiger partial charge in [0.1, 0.15) is 0 Å². The third-order valence-corrected chi connectivity index (χ3v) is 9.90. The van der Waals surface area contributed by atoms with E-state index in [-0.39, 0.29) is 41.0 Å². The number of rotatable bonds is 7. The molecule has 4 fully saturated rings. The third-order valence-electron chi connectivity index (χ3n) is 7.64. The number of nitrogens with two attached hydrogens (primary N) is 1. The van der Waals surface area contributed by atoms with E-state index in [1.807, 2.05) is 0 Å². The minimum atomic E-state index is -3.85. The Labute approximate surface area is 194 Å². The lowest BCUT2D eigenvalue weighted by molar-refractivity contribution is -0.147. The van der Waals surface area contributed by atoms with Crippen LogP contribution in [0.15, 0.2) is 23.1 Å². The molecule has 0 saturated heterocycles. The molecule has 0 heterocycles. The lowest BCUT2D eigenvalue weighted by Crippen LogP contribution is -2.62. The smallest absolute Gasteiger partial charge is 0.241 e. The molecule has 0 spiro atoms. The molecule has 2 unspecified atom stereocenters. The van der Waals surface area contributed by atoms with Crippen LogP contribution >= 0.6 is 11.6 Å². The second kappa shape index (κ2) is 7.99. The number of primary amides is 1. The number of carbonyl (C=O) groups is 2. The van der Waals surface area contributed by atoms with Gasteiger partial charge in [0.15, 0.2) is 0 Å². The van der Waals surface area contributed by atoms with Gasteiger partial charge in [-0.2, -0.15) is 0 Å². The molecule has 9 heteroatoms. The minimum absolute atomic E-state index is 0.00613. The summed E-state index contributed by atoms with van der Waals surface area (Å²) in [5, 5.41) is 3.55. The van der Waals surface area contributed by atoms with E-state index in [0.29, 0.717) is 16.5 Å². The van der Waals surface area contributed by atoms with Crippen molar-refractivity contribution in [3.63, 3.8) is 0 Å². The van der Waals surface area contributed by atoms with Crippen LogP contribution in [0.25, 0.3) is 0 Å². The molecule has 4 bridgehead atoms.